The maximum atomic E-state index is 12.6. The van der Waals surface area contributed by atoms with Gasteiger partial charge in [0.1, 0.15) is 5.75 Å². The number of methoxy groups -OCH3 is 1. The Morgan fingerprint density at radius 1 is 1.12 bits per heavy atom. The lowest BCUT2D eigenvalue weighted by Crippen LogP contribution is -2.14. The van der Waals surface area contributed by atoms with Gasteiger partial charge in [-0.05, 0) is 55.8 Å². The van der Waals surface area contributed by atoms with Crippen molar-refractivity contribution in [3.63, 3.8) is 0 Å². The highest BCUT2D eigenvalue weighted by Crippen LogP contribution is 2.24. The normalized spacial score (nSPS) is 10.7. The summed E-state index contributed by atoms with van der Waals surface area (Å²) in [7, 11) is 1.61. The molecule has 0 fully saturated rings. The predicted molar refractivity (Wildman–Crippen MR) is 97.2 cm³/mol. The standard InChI is InChI=1S/C19H17ClN2O2/c1-11-4-5-14(10-17(11)20)22-19(23)16-9-13-8-15(24-3)6-7-18(13)21-12(16)2/h4-10H,1-3H3,(H,22,23). The predicted octanol–water partition coefficient (Wildman–Crippen LogP) is 4.77. The van der Waals surface area contributed by atoms with Crippen LogP contribution < -0.4 is 10.1 Å². The van der Waals surface area contributed by atoms with Crippen LogP contribution in [0.25, 0.3) is 10.9 Å². The number of hydrogen-bond donors (Lipinski definition) is 1. The third-order valence-electron chi connectivity index (χ3n) is 3.89. The molecule has 0 saturated carbocycles. The van der Waals surface area contributed by atoms with Crippen LogP contribution in [0.2, 0.25) is 5.02 Å². The van der Waals surface area contributed by atoms with Gasteiger partial charge in [-0.15, -0.1) is 0 Å². The van der Waals surface area contributed by atoms with Gasteiger partial charge in [-0.3, -0.25) is 9.78 Å². The van der Waals surface area contributed by atoms with Crippen molar-refractivity contribution in [3.8, 4) is 5.75 Å². The Morgan fingerprint density at radius 3 is 2.62 bits per heavy atom. The molecule has 0 aliphatic rings. The van der Waals surface area contributed by atoms with E-state index >= 15 is 0 Å². The van der Waals surface area contributed by atoms with Crippen molar-refractivity contribution in [2.75, 3.05) is 12.4 Å². The van der Waals surface area contributed by atoms with E-state index in [1.54, 1.807) is 13.2 Å². The zero-order chi connectivity index (χ0) is 17.3. The smallest absolute Gasteiger partial charge is 0.257 e. The Balaban J connectivity index is 1.96. The summed E-state index contributed by atoms with van der Waals surface area (Å²) < 4.78 is 5.23. The van der Waals surface area contributed by atoms with Crippen molar-refractivity contribution in [2.24, 2.45) is 0 Å². The molecule has 1 heterocycles. The third-order valence-corrected chi connectivity index (χ3v) is 4.29. The van der Waals surface area contributed by atoms with E-state index in [0.29, 0.717) is 22.0 Å². The number of nitrogens with zero attached hydrogens (tertiary/aromatic N) is 1. The number of rotatable bonds is 3. The molecule has 5 heteroatoms. The molecule has 1 N–H and O–H groups in total. The number of nitrogens with one attached hydrogen (secondary N) is 1. The number of carbonyl (C=O) groups excluding carboxylic acids is 1. The van der Waals surface area contributed by atoms with E-state index in [9.17, 15) is 4.79 Å². The number of benzene rings is 2. The van der Waals surface area contributed by atoms with Gasteiger partial charge in [-0.25, -0.2) is 0 Å². The second-order valence-electron chi connectivity index (χ2n) is 5.60. The quantitative estimate of drug-likeness (QED) is 0.747. The fourth-order valence-electron chi connectivity index (χ4n) is 2.48. The summed E-state index contributed by atoms with van der Waals surface area (Å²) in [6.07, 6.45) is 0. The van der Waals surface area contributed by atoms with Gasteiger partial charge in [0, 0.05) is 16.1 Å². The van der Waals surface area contributed by atoms with Crippen molar-refractivity contribution in [1.29, 1.82) is 0 Å². The van der Waals surface area contributed by atoms with E-state index in [1.807, 2.05) is 50.2 Å². The van der Waals surface area contributed by atoms with Gasteiger partial charge in [0.15, 0.2) is 0 Å². The van der Waals surface area contributed by atoms with Gasteiger partial charge in [-0.2, -0.15) is 0 Å². The molecular formula is C19H17ClN2O2. The number of anilines is 1. The maximum Gasteiger partial charge on any atom is 0.257 e. The van der Waals surface area contributed by atoms with Gasteiger partial charge in [0.05, 0.1) is 23.9 Å². The number of fused-ring (bicyclic) bond motifs is 1. The first kappa shape index (κ1) is 16.3. The summed E-state index contributed by atoms with van der Waals surface area (Å²) in [4.78, 5) is 17.1. The molecule has 122 valence electrons. The molecule has 0 radical (unpaired) electrons. The number of halogens is 1. The molecule has 3 rings (SSSR count). The van der Waals surface area contributed by atoms with E-state index in [-0.39, 0.29) is 5.91 Å². The van der Waals surface area contributed by atoms with Gasteiger partial charge >= 0.3 is 0 Å². The van der Waals surface area contributed by atoms with E-state index in [4.69, 9.17) is 16.3 Å². The van der Waals surface area contributed by atoms with Gasteiger partial charge in [0.2, 0.25) is 0 Å². The van der Waals surface area contributed by atoms with Crippen LogP contribution in [-0.4, -0.2) is 18.0 Å². The molecule has 2 aromatic carbocycles. The average Bonchev–Trinajstić information content (AvgIpc) is 2.57. The first-order valence-electron chi connectivity index (χ1n) is 7.51. The van der Waals surface area contributed by atoms with Gasteiger partial charge in [0.25, 0.3) is 5.91 Å². The molecule has 0 unspecified atom stereocenters. The lowest BCUT2D eigenvalue weighted by Gasteiger charge is -2.10. The van der Waals surface area contributed by atoms with E-state index in [1.165, 1.54) is 0 Å². The highest BCUT2D eigenvalue weighted by Gasteiger charge is 2.13. The van der Waals surface area contributed by atoms with Crippen molar-refractivity contribution in [1.82, 2.24) is 4.98 Å². The van der Waals surface area contributed by atoms with Crippen molar-refractivity contribution in [3.05, 3.63) is 64.3 Å². The van der Waals surface area contributed by atoms with Crippen LogP contribution >= 0.6 is 11.6 Å². The van der Waals surface area contributed by atoms with E-state index < -0.39 is 0 Å². The summed E-state index contributed by atoms with van der Waals surface area (Å²) in [5.74, 6) is 0.509. The van der Waals surface area contributed by atoms with Crippen molar-refractivity contribution < 1.29 is 9.53 Å². The molecule has 0 atom stereocenters. The van der Waals surface area contributed by atoms with E-state index in [2.05, 4.69) is 10.3 Å². The Morgan fingerprint density at radius 2 is 1.92 bits per heavy atom. The monoisotopic (exact) mass is 340 g/mol. The molecule has 1 aromatic heterocycles. The van der Waals surface area contributed by atoms with Crippen LogP contribution in [0.3, 0.4) is 0 Å². The second-order valence-corrected chi connectivity index (χ2v) is 6.01. The average molecular weight is 341 g/mol. The second kappa shape index (κ2) is 6.49. The molecule has 0 aliphatic carbocycles. The Bertz CT molecular complexity index is 938. The molecule has 0 saturated heterocycles. The minimum absolute atomic E-state index is 0.218. The first-order valence-corrected chi connectivity index (χ1v) is 7.88. The largest absolute Gasteiger partial charge is 0.497 e. The molecule has 4 nitrogen and oxygen atoms in total. The number of carbonyl (C=O) groups is 1. The zero-order valence-electron chi connectivity index (χ0n) is 13.7. The maximum absolute atomic E-state index is 12.6. The molecule has 1 amide bonds. The zero-order valence-corrected chi connectivity index (χ0v) is 14.4. The Labute approximate surface area is 145 Å². The Kier molecular flexibility index (Phi) is 4.40. The van der Waals surface area contributed by atoms with Crippen LogP contribution in [-0.2, 0) is 0 Å². The number of hydrogen-bond acceptors (Lipinski definition) is 3. The number of ether oxygens (including phenoxy) is 1. The SMILES string of the molecule is COc1ccc2nc(C)c(C(=O)Nc3ccc(C)c(Cl)c3)cc2c1. The molecule has 0 spiro atoms. The first-order chi connectivity index (χ1) is 11.5. The molecule has 0 bridgehead atoms. The lowest BCUT2D eigenvalue weighted by molar-refractivity contribution is 0.102. The van der Waals surface area contributed by atoms with E-state index in [0.717, 1.165) is 22.2 Å². The van der Waals surface area contributed by atoms with Crippen molar-refractivity contribution >= 4 is 34.1 Å². The summed E-state index contributed by atoms with van der Waals surface area (Å²) in [6, 6.07) is 12.8. The van der Waals surface area contributed by atoms with Gasteiger partial charge < -0.3 is 10.1 Å². The van der Waals surface area contributed by atoms with Crippen LogP contribution in [0.1, 0.15) is 21.6 Å². The molecule has 0 aliphatic heterocycles. The number of aryl methyl sites for hydroxylation is 2. The lowest BCUT2D eigenvalue weighted by atomic mass is 10.1. The molecule has 3 aromatic rings. The highest BCUT2D eigenvalue weighted by molar-refractivity contribution is 6.31. The summed E-state index contributed by atoms with van der Waals surface area (Å²) in [5.41, 5.74) is 3.63. The Hall–Kier alpha value is -2.59. The summed E-state index contributed by atoms with van der Waals surface area (Å²) in [6.45, 7) is 3.74. The molecular weight excluding hydrogens is 324 g/mol. The fraction of sp³-hybridized carbons (Fsp3) is 0.158. The van der Waals surface area contributed by atoms with Crippen LogP contribution in [0.4, 0.5) is 5.69 Å². The van der Waals surface area contributed by atoms with Crippen LogP contribution in [0.5, 0.6) is 5.75 Å². The summed E-state index contributed by atoms with van der Waals surface area (Å²) >= 11 is 6.11. The number of aromatic nitrogens is 1. The summed E-state index contributed by atoms with van der Waals surface area (Å²) in [5, 5.41) is 4.34. The third kappa shape index (κ3) is 3.19. The van der Waals surface area contributed by atoms with Crippen LogP contribution in [0, 0.1) is 13.8 Å². The van der Waals surface area contributed by atoms with Gasteiger partial charge in [-0.1, -0.05) is 17.7 Å². The highest BCUT2D eigenvalue weighted by atomic mass is 35.5. The number of pyridine rings is 1. The molecule has 24 heavy (non-hydrogen) atoms. The minimum Gasteiger partial charge on any atom is -0.497 e. The number of amides is 1. The topological polar surface area (TPSA) is 51.2 Å². The van der Waals surface area contributed by atoms with Crippen molar-refractivity contribution in [2.45, 2.75) is 13.8 Å². The minimum atomic E-state index is -0.218. The fourth-order valence-corrected chi connectivity index (χ4v) is 2.66. The van der Waals surface area contributed by atoms with Crippen LogP contribution in [0.15, 0.2) is 42.5 Å².